The third-order valence-electron chi connectivity index (χ3n) is 1.25. The first kappa shape index (κ1) is 7.51. The van der Waals surface area contributed by atoms with Crippen LogP contribution in [0.4, 0.5) is 0 Å². The molecule has 54 valence electrons. The van der Waals surface area contributed by atoms with E-state index < -0.39 is 0 Å². The van der Waals surface area contributed by atoms with Crippen molar-refractivity contribution in [1.82, 2.24) is 4.98 Å². The van der Waals surface area contributed by atoms with E-state index >= 15 is 0 Å². The number of nitrogens with two attached hydrogens (primary N) is 1. The first-order chi connectivity index (χ1) is 4.84. The highest BCUT2D eigenvalue weighted by Crippen LogP contribution is 2.10. The number of halogens is 1. The van der Waals surface area contributed by atoms with E-state index in [9.17, 15) is 0 Å². The molecule has 0 aliphatic carbocycles. The van der Waals surface area contributed by atoms with Gasteiger partial charge in [-0.1, -0.05) is 17.7 Å². The van der Waals surface area contributed by atoms with E-state index in [2.05, 4.69) is 4.98 Å². The maximum Gasteiger partial charge on any atom is 0.132 e. The molecule has 0 spiro atoms. The quantitative estimate of drug-likeness (QED) is 0.655. The topological polar surface area (TPSA) is 38.9 Å². The van der Waals surface area contributed by atoms with Crippen LogP contribution in [0.25, 0.3) is 0 Å². The molecular weight excluding hydrogens is 148 g/mol. The summed E-state index contributed by atoms with van der Waals surface area (Å²) in [5.41, 5.74) is 6.36. The van der Waals surface area contributed by atoms with Gasteiger partial charge in [0, 0.05) is 6.20 Å². The molecule has 1 aromatic heterocycles. The van der Waals surface area contributed by atoms with Crippen molar-refractivity contribution >= 4 is 11.6 Å². The standard InChI is InChI=1S/C7H9ClN2/c8-7-6(3-4-9)2-1-5-10-7/h1-2,5H,3-4,9H2. The van der Waals surface area contributed by atoms with E-state index in [0.29, 0.717) is 11.7 Å². The zero-order chi connectivity index (χ0) is 7.40. The van der Waals surface area contributed by atoms with Gasteiger partial charge >= 0.3 is 0 Å². The molecule has 0 bridgehead atoms. The molecule has 10 heavy (non-hydrogen) atoms. The molecule has 0 saturated carbocycles. The fourth-order valence-corrected chi connectivity index (χ4v) is 0.975. The number of rotatable bonds is 2. The Hall–Kier alpha value is -0.600. The molecular formula is C7H9ClN2. The molecule has 0 aromatic carbocycles. The zero-order valence-electron chi connectivity index (χ0n) is 5.55. The molecule has 1 aromatic rings. The Morgan fingerprint density at radius 2 is 2.40 bits per heavy atom. The van der Waals surface area contributed by atoms with E-state index in [0.717, 1.165) is 12.0 Å². The molecule has 0 fully saturated rings. The molecule has 0 saturated heterocycles. The van der Waals surface area contributed by atoms with Crippen LogP contribution < -0.4 is 5.73 Å². The summed E-state index contributed by atoms with van der Waals surface area (Å²) in [5, 5.41) is 0.563. The van der Waals surface area contributed by atoms with Crippen molar-refractivity contribution < 1.29 is 0 Å². The lowest BCUT2D eigenvalue weighted by molar-refractivity contribution is 0.959. The van der Waals surface area contributed by atoms with E-state index in [1.165, 1.54) is 0 Å². The second-order valence-electron chi connectivity index (χ2n) is 1.99. The fourth-order valence-electron chi connectivity index (χ4n) is 0.761. The van der Waals surface area contributed by atoms with Gasteiger partial charge in [-0.2, -0.15) is 0 Å². The van der Waals surface area contributed by atoms with Crippen molar-refractivity contribution in [3.05, 3.63) is 29.0 Å². The number of aromatic nitrogens is 1. The first-order valence-corrected chi connectivity index (χ1v) is 3.52. The van der Waals surface area contributed by atoms with Gasteiger partial charge in [-0.3, -0.25) is 0 Å². The third-order valence-corrected chi connectivity index (χ3v) is 1.59. The smallest absolute Gasteiger partial charge is 0.132 e. The Morgan fingerprint density at radius 3 is 3.00 bits per heavy atom. The highest BCUT2D eigenvalue weighted by atomic mass is 35.5. The van der Waals surface area contributed by atoms with Gasteiger partial charge < -0.3 is 5.73 Å². The van der Waals surface area contributed by atoms with E-state index in [1.54, 1.807) is 6.20 Å². The fraction of sp³-hybridized carbons (Fsp3) is 0.286. The third kappa shape index (κ3) is 1.69. The van der Waals surface area contributed by atoms with Crippen LogP contribution >= 0.6 is 11.6 Å². The molecule has 2 N–H and O–H groups in total. The van der Waals surface area contributed by atoms with Crippen LogP contribution in [-0.4, -0.2) is 11.5 Å². The van der Waals surface area contributed by atoms with Crippen molar-refractivity contribution in [2.75, 3.05) is 6.54 Å². The van der Waals surface area contributed by atoms with Gasteiger partial charge in [0.05, 0.1) is 0 Å². The van der Waals surface area contributed by atoms with Gasteiger partial charge in [0.15, 0.2) is 0 Å². The maximum absolute atomic E-state index is 5.74. The molecule has 3 heteroatoms. The Morgan fingerprint density at radius 1 is 1.60 bits per heavy atom. The number of pyridine rings is 1. The summed E-state index contributed by atoms with van der Waals surface area (Å²) in [5.74, 6) is 0. The molecule has 0 aliphatic rings. The van der Waals surface area contributed by atoms with Crippen molar-refractivity contribution in [3.8, 4) is 0 Å². The van der Waals surface area contributed by atoms with Gasteiger partial charge in [-0.25, -0.2) is 4.98 Å². The lowest BCUT2D eigenvalue weighted by Crippen LogP contribution is -2.03. The number of hydrogen-bond donors (Lipinski definition) is 1. The van der Waals surface area contributed by atoms with Crippen LogP contribution in [-0.2, 0) is 6.42 Å². The average Bonchev–Trinajstić information content (AvgIpc) is 1.94. The van der Waals surface area contributed by atoms with Gasteiger partial charge in [-0.05, 0) is 24.6 Å². The van der Waals surface area contributed by atoms with Gasteiger partial charge in [0.25, 0.3) is 0 Å². The Labute approximate surface area is 65.0 Å². The highest BCUT2D eigenvalue weighted by molar-refractivity contribution is 6.30. The van der Waals surface area contributed by atoms with Crippen molar-refractivity contribution in [2.45, 2.75) is 6.42 Å². The van der Waals surface area contributed by atoms with Crippen LogP contribution in [0, 0.1) is 0 Å². The summed E-state index contributed by atoms with van der Waals surface area (Å²) in [6.07, 6.45) is 2.47. The lowest BCUT2D eigenvalue weighted by atomic mass is 10.2. The summed E-state index contributed by atoms with van der Waals surface area (Å²) in [6, 6.07) is 3.79. The van der Waals surface area contributed by atoms with Crippen molar-refractivity contribution in [2.24, 2.45) is 5.73 Å². The summed E-state index contributed by atoms with van der Waals surface area (Å²) in [6.45, 7) is 0.616. The first-order valence-electron chi connectivity index (χ1n) is 3.14. The summed E-state index contributed by atoms with van der Waals surface area (Å²) in [4.78, 5) is 3.91. The largest absolute Gasteiger partial charge is 0.330 e. The van der Waals surface area contributed by atoms with Gasteiger partial charge in [0.2, 0.25) is 0 Å². The average molecular weight is 157 g/mol. The van der Waals surface area contributed by atoms with E-state index in [1.807, 2.05) is 12.1 Å². The van der Waals surface area contributed by atoms with Gasteiger partial charge in [0.1, 0.15) is 5.15 Å². The second kappa shape index (κ2) is 3.54. The normalized spacial score (nSPS) is 9.80. The summed E-state index contributed by atoms with van der Waals surface area (Å²) >= 11 is 5.74. The minimum atomic E-state index is 0.563. The predicted molar refractivity (Wildman–Crippen MR) is 42.0 cm³/mol. The predicted octanol–water partition coefficient (Wildman–Crippen LogP) is 1.24. The van der Waals surface area contributed by atoms with Crippen molar-refractivity contribution in [3.63, 3.8) is 0 Å². The summed E-state index contributed by atoms with van der Waals surface area (Å²) in [7, 11) is 0. The zero-order valence-corrected chi connectivity index (χ0v) is 6.30. The van der Waals surface area contributed by atoms with Crippen LogP contribution in [0.1, 0.15) is 5.56 Å². The minimum absolute atomic E-state index is 0.563. The molecule has 0 amide bonds. The Bertz CT molecular complexity index is 213. The van der Waals surface area contributed by atoms with Crippen LogP contribution in [0.3, 0.4) is 0 Å². The van der Waals surface area contributed by atoms with Gasteiger partial charge in [-0.15, -0.1) is 0 Å². The molecule has 0 unspecified atom stereocenters. The van der Waals surface area contributed by atoms with Crippen LogP contribution in [0.2, 0.25) is 5.15 Å². The Kier molecular flexibility index (Phi) is 2.66. The maximum atomic E-state index is 5.74. The number of hydrogen-bond acceptors (Lipinski definition) is 2. The SMILES string of the molecule is NCCc1cccnc1Cl. The minimum Gasteiger partial charge on any atom is -0.330 e. The molecule has 0 atom stereocenters. The van der Waals surface area contributed by atoms with E-state index in [4.69, 9.17) is 17.3 Å². The molecule has 0 radical (unpaired) electrons. The summed E-state index contributed by atoms with van der Waals surface area (Å²) < 4.78 is 0. The van der Waals surface area contributed by atoms with Crippen molar-refractivity contribution in [1.29, 1.82) is 0 Å². The molecule has 0 aliphatic heterocycles. The number of nitrogens with zero attached hydrogens (tertiary/aromatic N) is 1. The van der Waals surface area contributed by atoms with Crippen LogP contribution in [0.15, 0.2) is 18.3 Å². The monoisotopic (exact) mass is 156 g/mol. The molecule has 2 nitrogen and oxygen atoms in total. The molecule has 1 heterocycles. The Balaban J connectivity index is 2.81. The highest BCUT2D eigenvalue weighted by Gasteiger charge is 1.96. The molecule has 1 rings (SSSR count). The second-order valence-corrected chi connectivity index (χ2v) is 2.35. The van der Waals surface area contributed by atoms with Crippen LogP contribution in [0.5, 0.6) is 0 Å². The van der Waals surface area contributed by atoms with E-state index in [-0.39, 0.29) is 0 Å². The lowest BCUT2D eigenvalue weighted by Gasteiger charge is -1.98.